The van der Waals surface area contributed by atoms with Crippen molar-refractivity contribution < 1.29 is 9.53 Å². The Kier molecular flexibility index (Phi) is 4.24. The topological polar surface area (TPSA) is 42.4 Å². The molecule has 15 heavy (non-hydrogen) atoms. The molecular weight excluding hydrogens is 192 g/mol. The predicted octanol–water partition coefficient (Wildman–Crippen LogP) is 0.900. The number of likely N-dealkylation sites (N-methyl/N-ethyl adjacent to an activating group) is 1. The highest BCUT2D eigenvalue weighted by Crippen LogP contribution is 2.16. The maximum absolute atomic E-state index is 11.6. The van der Waals surface area contributed by atoms with E-state index in [1.807, 2.05) is 31.1 Å². The summed E-state index contributed by atoms with van der Waals surface area (Å²) < 4.78 is 4.77. The molecule has 4 heteroatoms. The van der Waals surface area contributed by atoms with E-state index >= 15 is 0 Å². The Morgan fingerprint density at radius 1 is 1.60 bits per heavy atom. The summed E-state index contributed by atoms with van der Waals surface area (Å²) in [6, 6.07) is 3.71. The van der Waals surface area contributed by atoms with Crippen LogP contribution >= 0.6 is 0 Å². The zero-order valence-corrected chi connectivity index (χ0v) is 9.30. The number of pyridine rings is 1. The van der Waals surface area contributed by atoms with Crippen molar-refractivity contribution in [2.45, 2.75) is 5.92 Å². The molecular formula is C11H16N2O2. The average Bonchev–Trinajstić information content (AvgIpc) is 2.26. The van der Waals surface area contributed by atoms with Gasteiger partial charge < -0.3 is 9.64 Å². The fourth-order valence-electron chi connectivity index (χ4n) is 1.41. The van der Waals surface area contributed by atoms with E-state index in [-0.39, 0.29) is 11.9 Å². The van der Waals surface area contributed by atoms with Crippen LogP contribution in [0.5, 0.6) is 0 Å². The summed E-state index contributed by atoms with van der Waals surface area (Å²) in [5.74, 6) is -0.490. The monoisotopic (exact) mass is 208 g/mol. The summed E-state index contributed by atoms with van der Waals surface area (Å²) in [6.07, 6.45) is 3.39. The summed E-state index contributed by atoms with van der Waals surface area (Å²) in [5, 5.41) is 0. The third-order valence-corrected chi connectivity index (χ3v) is 2.12. The summed E-state index contributed by atoms with van der Waals surface area (Å²) >= 11 is 0. The van der Waals surface area contributed by atoms with E-state index in [0.29, 0.717) is 6.54 Å². The maximum atomic E-state index is 11.6. The van der Waals surface area contributed by atoms with Crippen molar-refractivity contribution in [1.82, 2.24) is 9.88 Å². The van der Waals surface area contributed by atoms with Gasteiger partial charge in [0, 0.05) is 18.9 Å². The Hall–Kier alpha value is -1.42. The predicted molar refractivity (Wildman–Crippen MR) is 57.5 cm³/mol. The van der Waals surface area contributed by atoms with Crippen molar-refractivity contribution in [3.05, 3.63) is 30.1 Å². The van der Waals surface area contributed by atoms with Crippen molar-refractivity contribution in [1.29, 1.82) is 0 Å². The van der Waals surface area contributed by atoms with Gasteiger partial charge in [0.25, 0.3) is 0 Å². The molecule has 1 heterocycles. The van der Waals surface area contributed by atoms with E-state index in [1.54, 1.807) is 12.4 Å². The third-order valence-electron chi connectivity index (χ3n) is 2.12. The summed E-state index contributed by atoms with van der Waals surface area (Å²) in [5.41, 5.74) is 0.887. The van der Waals surface area contributed by atoms with Gasteiger partial charge in [-0.15, -0.1) is 0 Å². The largest absolute Gasteiger partial charge is 0.469 e. The van der Waals surface area contributed by atoms with Gasteiger partial charge in [0.15, 0.2) is 0 Å². The lowest BCUT2D eigenvalue weighted by atomic mass is 10.0. The van der Waals surface area contributed by atoms with Gasteiger partial charge in [0.2, 0.25) is 0 Å². The van der Waals surface area contributed by atoms with Crippen LogP contribution in [0.25, 0.3) is 0 Å². The van der Waals surface area contributed by atoms with E-state index in [9.17, 15) is 4.79 Å². The van der Waals surface area contributed by atoms with Crippen LogP contribution in [0.3, 0.4) is 0 Å². The summed E-state index contributed by atoms with van der Waals surface area (Å²) in [7, 11) is 5.25. The Balaban J connectivity index is 2.86. The average molecular weight is 208 g/mol. The van der Waals surface area contributed by atoms with Crippen LogP contribution in [0.2, 0.25) is 0 Å². The van der Waals surface area contributed by atoms with E-state index in [1.165, 1.54) is 7.11 Å². The highest BCUT2D eigenvalue weighted by molar-refractivity contribution is 5.78. The van der Waals surface area contributed by atoms with Gasteiger partial charge in [-0.05, 0) is 25.7 Å². The minimum atomic E-state index is -0.265. The first kappa shape index (κ1) is 11.7. The first-order chi connectivity index (χ1) is 7.15. The first-order valence-corrected chi connectivity index (χ1v) is 4.77. The highest BCUT2D eigenvalue weighted by atomic mass is 16.5. The molecule has 0 aliphatic heterocycles. The van der Waals surface area contributed by atoms with E-state index in [4.69, 9.17) is 4.74 Å². The molecule has 4 nitrogen and oxygen atoms in total. The molecule has 0 aromatic carbocycles. The number of ether oxygens (including phenoxy) is 1. The van der Waals surface area contributed by atoms with Crippen LogP contribution in [0, 0.1) is 0 Å². The van der Waals surface area contributed by atoms with Gasteiger partial charge in [0.05, 0.1) is 13.0 Å². The number of methoxy groups -OCH3 is 1. The molecule has 0 N–H and O–H groups in total. The van der Waals surface area contributed by atoms with E-state index in [0.717, 1.165) is 5.56 Å². The minimum Gasteiger partial charge on any atom is -0.469 e. The SMILES string of the molecule is COC(=O)C(CN(C)C)c1cccnc1. The quantitative estimate of drug-likeness (QED) is 0.689. The second-order valence-electron chi connectivity index (χ2n) is 3.62. The number of rotatable bonds is 4. The summed E-state index contributed by atoms with van der Waals surface area (Å²) in [6.45, 7) is 0.623. The zero-order valence-electron chi connectivity index (χ0n) is 9.30. The fraction of sp³-hybridized carbons (Fsp3) is 0.455. The number of carbonyl (C=O) groups is 1. The van der Waals surface area contributed by atoms with Crippen LogP contribution in [0.1, 0.15) is 11.5 Å². The molecule has 0 saturated heterocycles. The molecule has 0 fully saturated rings. The number of aromatic nitrogens is 1. The zero-order chi connectivity index (χ0) is 11.3. The van der Waals surface area contributed by atoms with Crippen molar-refractivity contribution in [3.8, 4) is 0 Å². The molecule has 1 unspecified atom stereocenters. The first-order valence-electron chi connectivity index (χ1n) is 4.77. The Bertz CT molecular complexity index is 312. The molecule has 0 bridgehead atoms. The number of hydrogen-bond donors (Lipinski definition) is 0. The smallest absolute Gasteiger partial charge is 0.314 e. The molecule has 0 amide bonds. The molecule has 1 rings (SSSR count). The standard InChI is InChI=1S/C11H16N2O2/c1-13(2)8-10(11(14)15-3)9-5-4-6-12-7-9/h4-7,10H,8H2,1-3H3. The lowest BCUT2D eigenvalue weighted by Gasteiger charge is -2.18. The molecule has 1 aromatic heterocycles. The second kappa shape index (κ2) is 5.46. The molecule has 82 valence electrons. The lowest BCUT2D eigenvalue weighted by Crippen LogP contribution is -2.27. The van der Waals surface area contributed by atoms with Crippen LogP contribution in [-0.2, 0) is 9.53 Å². The molecule has 0 spiro atoms. The number of nitrogens with zero attached hydrogens (tertiary/aromatic N) is 2. The maximum Gasteiger partial charge on any atom is 0.314 e. The van der Waals surface area contributed by atoms with Crippen LogP contribution in [-0.4, -0.2) is 43.6 Å². The van der Waals surface area contributed by atoms with Gasteiger partial charge in [0.1, 0.15) is 0 Å². The van der Waals surface area contributed by atoms with Crippen LogP contribution < -0.4 is 0 Å². The van der Waals surface area contributed by atoms with Crippen molar-refractivity contribution >= 4 is 5.97 Å². The molecule has 1 aromatic rings. The number of hydrogen-bond acceptors (Lipinski definition) is 4. The molecule has 0 aliphatic carbocycles. The fourth-order valence-corrected chi connectivity index (χ4v) is 1.41. The van der Waals surface area contributed by atoms with E-state index in [2.05, 4.69) is 4.98 Å². The van der Waals surface area contributed by atoms with Gasteiger partial charge in [-0.25, -0.2) is 0 Å². The number of carbonyl (C=O) groups excluding carboxylic acids is 1. The van der Waals surface area contributed by atoms with Gasteiger partial charge in [-0.3, -0.25) is 9.78 Å². The molecule has 0 aliphatic rings. The van der Waals surface area contributed by atoms with Gasteiger partial charge >= 0.3 is 5.97 Å². The molecule has 0 radical (unpaired) electrons. The number of esters is 1. The van der Waals surface area contributed by atoms with Crippen LogP contribution in [0.4, 0.5) is 0 Å². The van der Waals surface area contributed by atoms with Crippen LogP contribution in [0.15, 0.2) is 24.5 Å². The summed E-state index contributed by atoms with van der Waals surface area (Å²) in [4.78, 5) is 17.5. The van der Waals surface area contributed by atoms with Gasteiger partial charge in [-0.1, -0.05) is 6.07 Å². The Morgan fingerprint density at radius 2 is 2.33 bits per heavy atom. The Labute approximate surface area is 89.9 Å². The normalized spacial score (nSPS) is 12.5. The molecule has 1 atom stereocenters. The third kappa shape index (κ3) is 3.32. The van der Waals surface area contributed by atoms with Crippen molar-refractivity contribution in [2.75, 3.05) is 27.7 Å². The van der Waals surface area contributed by atoms with Gasteiger partial charge in [-0.2, -0.15) is 0 Å². The lowest BCUT2D eigenvalue weighted by molar-refractivity contribution is -0.142. The second-order valence-corrected chi connectivity index (χ2v) is 3.62. The minimum absolute atomic E-state index is 0.225. The highest BCUT2D eigenvalue weighted by Gasteiger charge is 2.21. The van der Waals surface area contributed by atoms with E-state index < -0.39 is 0 Å². The Morgan fingerprint density at radius 3 is 2.80 bits per heavy atom. The molecule has 0 saturated carbocycles. The van der Waals surface area contributed by atoms with Crippen molar-refractivity contribution in [2.24, 2.45) is 0 Å². The van der Waals surface area contributed by atoms with Crippen molar-refractivity contribution in [3.63, 3.8) is 0 Å².